The van der Waals surface area contributed by atoms with E-state index in [4.69, 9.17) is 5.73 Å². The third-order valence-corrected chi connectivity index (χ3v) is 5.71. The van der Waals surface area contributed by atoms with Crippen LogP contribution in [0.25, 0.3) is 0 Å². The molecule has 0 radical (unpaired) electrons. The van der Waals surface area contributed by atoms with Crippen molar-refractivity contribution in [2.75, 3.05) is 43.9 Å². The molecule has 2 aromatic rings. The number of rotatable bonds is 6. The molecular weight excluding hydrogens is 413 g/mol. The van der Waals surface area contributed by atoms with Crippen molar-refractivity contribution in [3.05, 3.63) is 53.1 Å². The third kappa shape index (κ3) is 4.86. The van der Waals surface area contributed by atoms with E-state index in [1.54, 1.807) is 24.3 Å². The van der Waals surface area contributed by atoms with Gasteiger partial charge >= 0.3 is 0 Å². The summed E-state index contributed by atoms with van der Waals surface area (Å²) in [6.07, 6.45) is 3.00. The van der Waals surface area contributed by atoms with Crippen LogP contribution in [0.15, 0.2) is 41.7 Å². The van der Waals surface area contributed by atoms with Crippen LogP contribution in [0.2, 0.25) is 0 Å². The molecule has 1 aliphatic heterocycles. The number of hydrogen-bond acceptors (Lipinski definition) is 7. The van der Waals surface area contributed by atoms with Gasteiger partial charge in [0.2, 0.25) is 11.9 Å². The second kappa shape index (κ2) is 9.31. The molecule has 0 bridgehead atoms. The maximum Gasteiger partial charge on any atom is 0.253 e. The van der Waals surface area contributed by atoms with E-state index < -0.39 is 11.7 Å². The van der Waals surface area contributed by atoms with Crippen molar-refractivity contribution in [2.24, 2.45) is 5.73 Å². The number of hydrogen-bond donors (Lipinski definition) is 3. The molecule has 2 aliphatic rings. The fourth-order valence-electron chi connectivity index (χ4n) is 3.83. The van der Waals surface area contributed by atoms with Gasteiger partial charge in [0, 0.05) is 48.7 Å². The molecule has 0 saturated carbocycles. The Morgan fingerprint density at radius 2 is 1.78 bits per heavy atom. The van der Waals surface area contributed by atoms with Gasteiger partial charge in [-0.05, 0) is 50.6 Å². The van der Waals surface area contributed by atoms with E-state index in [1.165, 1.54) is 0 Å². The molecular formula is C22H26FN7O2. The predicted octanol–water partition coefficient (Wildman–Crippen LogP) is 2.08. The Labute approximate surface area is 185 Å². The van der Waals surface area contributed by atoms with Crippen LogP contribution in [0.3, 0.4) is 0 Å². The summed E-state index contributed by atoms with van der Waals surface area (Å²) >= 11 is 0. The first kappa shape index (κ1) is 21.7. The van der Waals surface area contributed by atoms with Gasteiger partial charge in [0.15, 0.2) is 11.6 Å². The minimum Gasteiger partial charge on any atom is -0.366 e. The molecule has 168 valence electrons. The summed E-state index contributed by atoms with van der Waals surface area (Å²) in [4.78, 5) is 36.4. The number of nitrogens with one attached hydrogen (secondary N) is 2. The number of carbonyl (C=O) groups is 2. The van der Waals surface area contributed by atoms with Gasteiger partial charge in [-0.1, -0.05) is 0 Å². The first-order chi connectivity index (χ1) is 15.4. The van der Waals surface area contributed by atoms with Crippen molar-refractivity contribution < 1.29 is 14.0 Å². The maximum atomic E-state index is 14.2. The van der Waals surface area contributed by atoms with E-state index in [1.807, 2.05) is 11.9 Å². The highest BCUT2D eigenvalue weighted by Gasteiger charge is 2.21. The molecule has 0 spiro atoms. The number of primary amides is 1. The number of nitrogens with zero attached hydrogens (tertiary/aromatic N) is 4. The highest BCUT2D eigenvalue weighted by Crippen LogP contribution is 2.28. The standard InChI is InChI=1S/C22H26FN7O2/c1-29-9-11-30(12-10-29)21(32)14-5-7-15(8-6-14)26-22-25-13-17(23)20(28-22)27-18-4-2-3-16(18)19(24)31/h5-8,13H,2-4,9-12H2,1H3,(H2,24,31)(H2,25,26,27,28). The first-order valence-electron chi connectivity index (χ1n) is 10.6. The number of piperazine rings is 1. The molecule has 1 fully saturated rings. The van der Waals surface area contributed by atoms with Crippen molar-refractivity contribution >= 4 is 29.3 Å². The average Bonchev–Trinajstić information content (AvgIpc) is 3.25. The minimum atomic E-state index is -0.633. The average molecular weight is 439 g/mol. The molecule has 9 nitrogen and oxygen atoms in total. The van der Waals surface area contributed by atoms with Gasteiger partial charge in [0.1, 0.15) is 0 Å². The number of likely N-dealkylation sites (N-methyl/N-ethyl adjacent to an activating group) is 1. The van der Waals surface area contributed by atoms with Crippen LogP contribution in [0.5, 0.6) is 0 Å². The van der Waals surface area contributed by atoms with E-state index >= 15 is 0 Å². The summed E-state index contributed by atoms with van der Waals surface area (Å²) in [5.41, 5.74) is 7.72. The minimum absolute atomic E-state index is 0.00395. The Morgan fingerprint density at radius 1 is 1.06 bits per heavy atom. The first-order valence-corrected chi connectivity index (χ1v) is 10.6. The third-order valence-electron chi connectivity index (χ3n) is 5.71. The van der Waals surface area contributed by atoms with E-state index in [9.17, 15) is 14.0 Å². The summed E-state index contributed by atoms with van der Waals surface area (Å²) in [5, 5.41) is 5.90. The molecule has 4 N–H and O–H groups in total. The smallest absolute Gasteiger partial charge is 0.253 e. The van der Waals surface area contributed by atoms with Crippen LogP contribution in [-0.4, -0.2) is 64.8 Å². The molecule has 0 unspecified atom stereocenters. The Bertz CT molecular complexity index is 1050. The lowest BCUT2D eigenvalue weighted by atomic mass is 10.1. The van der Waals surface area contributed by atoms with Crippen LogP contribution in [0.1, 0.15) is 29.6 Å². The molecule has 1 aliphatic carbocycles. The molecule has 1 aromatic carbocycles. The molecule has 0 atom stereocenters. The highest BCUT2D eigenvalue weighted by atomic mass is 19.1. The Hall–Kier alpha value is -3.53. The molecule has 1 saturated heterocycles. The van der Waals surface area contributed by atoms with Crippen LogP contribution < -0.4 is 16.4 Å². The molecule has 32 heavy (non-hydrogen) atoms. The van der Waals surface area contributed by atoms with Crippen LogP contribution in [0, 0.1) is 5.82 Å². The van der Waals surface area contributed by atoms with Gasteiger partial charge in [-0.25, -0.2) is 9.37 Å². The molecule has 4 rings (SSSR count). The number of carbonyl (C=O) groups excluding carboxylic acids is 2. The lowest BCUT2D eigenvalue weighted by Crippen LogP contribution is -2.47. The zero-order valence-electron chi connectivity index (χ0n) is 17.9. The van der Waals surface area contributed by atoms with Crippen LogP contribution >= 0.6 is 0 Å². The van der Waals surface area contributed by atoms with E-state index in [0.717, 1.165) is 25.7 Å². The summed E-state index contributed by atoms with van der Waals surface area (Å²) < 4.78 is 14.2. The van der Waals surface area contributed by atoms with E-state index in [0.29, 0.717) is 48.5 Å². The number of allylic oxidation sites excluding steroid dienone is 1. The molecule has 2 amide bonds. The lowest BCUT2D eigenvalue weighted by Gasteiger charge is -2.32. The van der Waals surface area contributed by atoms with Gasteiger partial charge in [0.25, 0.3) is 5.91 Å². The summed E-state index contributed by atoms with van der Waals surface area (Å²) in [6, 6.07) is 7.00. The number of aromatic nitrogens is 2. The number of anilines is 3. The molecule has 1 aromatic heterocycles. The normalized spacial score (nSPS) is 16.9. The van der Waals surface area contributed by atoms with Crippen molar-refractivity contribution in [3.63, 3.8) is 0 Å². The van der Waals surface area contributed by atoms with Crippen molar-refractivity contribution in [1.82, 2.24) is 19.8 Å². The summed E-state index contributed by atoms with van der Waals surface area (Å²) in [5.74, 6) is -0.980. The number of halogens is 1. The Morgan fingerprint density at radius 3 is 2.47 bits per heavy atom. The zero-order valence-corrected chi connectivity index (χ0v) is 17.9. The Balaban J connectivity index is 1.44. The predicted molar refractivity (Wildman–Crippen MR) is 119 cm³/mol. The van der Waals surface area contributed by atoms with Gasteiger partial charge in [-0.3, -0.25) is 9.59 Å². The topological polar surface area (TPSA) is 116 Å². The fraction of sp³-hybridized carbons (Fsp3) is 0.364. The second-order valence-electron chi connectivity index (χ2n) is 7.99. The SMILES string of the molecule is CN1CCN(C(=O)c2ccc(Nc3ncc(F)c(NC4=C(C(N)=O)CCC4)n3)cc2)CC1. The van der Waals surface area contributed by atoms with Crippen molar-refractivity contribution in [1.29, 1.82) is 0 Å². The summed E-state index contributed by atoms with van der Waals surface area (Å²) in [7, 11) is 2.04. The van der Waals surface area contributed by atoms with Gasteiger partial charge in [0.05, 0.1) is 6.20 Å². The number of nitrogens with two attached hydrogens (primary N) is 1. The molecule has 2 heterocycles. The molecule has 10 heteroatoms. The largest absolute Gasteiger partial charge is 0.366 e. The van der Waals surface area contributed by atoms with Crippen LogP contribution in [0.4, 0.5) is 21.8 Å². The highest BCUT2D eigenvalue weighted by molar-refractivity contribution is 5.95. The second-order valence-corrected chi connectivity index (χ2v) is 7.99. The fourth-order valence-corrected chi connectivity index (χ4v) is 3.83. The van der Waals surface area contributed by atoms with Crippen LogP contribution in [-0.2, 0) is 4.79 Å². The number of amides is 2. The van der Waals surface area contributed by atoms with Crippen molar-refractivity contribution in [2.45, 2.75) is 19.3 Å². The van der Waals surface area contributed by atoms with Gasteiger partial charge in [-0.15, -0.1) is 0 Å². The number of benzene rings is 1. The quantitative estimate of drug-likeness (QED) is 0.631. The van der Waals surface area contributed by atoms with Crippen molar-refractivity contribution in [3.8, 4) is 0 Å². The lowest BCUT2D eigenvalue weighted by molar-refractivity contribution is -0.114. The van der Waals surface area contributed by atoms with Gasteiger partial charge in [-0.2, -0.15) is 4.98 Å². The Kier molecular flexibility index (Phi) is 6.31. The van der Waals surface area contributed by atoms with Gasteiger partial charge < -0.3 is 26.2 Å². The monoisotopic (exact) mass is 439 g/mol. The maximum absolute atomic E-state index is 14.2. The summed E-state index contributed by atoms with van der Waals surface area (Å²) in [6.45, 7) is 3.15. The zero-order chi connectivity index (χ0) is 22.7. The van der Waals surface area contributed by atoms with E-state index in [-0.39, 0.29) is 17.7 Å². The van der Waals surface area contributed by atoms with E-state index in [2.05, 4.69) is 25.5 Å².